The summed E-state index contributed by atoms with van der Waals surface area (Å²) < 4.78 is 11.1. The van der Waals surface area contributed by atoms with E-state index in [1.807, 2.05) is 11.8 Å². The lowest BCUT2D eigenvalue weighted by atomic mass is 10.1. The third kappa shape index (κ3) is 5.09. The number of hydrogen-bond donors (Lipinski definition) is 1. The van der Waals surface area contributed by atoms with Gasteiger partial charge in [0.25, 0.3) is 11.8 Å². The van der Waals surface area contributed by atoms with Crippen LogP contribution in [0.2, 0.25) is 5.02 Å². The summed E-state index contributed by atoms with van der Waals surface area (Å²) in [4.78, 5) is 27.4. The lowest BCUT2D eigenvalue weighted by molar-refractivity contribution is 0.0740. The maximum Gasteiger partial charge on any atom is 0.259 e. The number of ether oxygens (including phenoxy) is 1. The number of rotatable bonds is 2. The lowest BCUT2D eigenvalue weighted by Crippen LogP contribution is -2.34. The largest absolute Gasteiger partial charge is 0.493 e. The highest BCUT2D eigenvalue weighted by Crippen LogP contribution is 2.24. The van der Waals surface area contributed by atoms with Gasteiger partial charge in [-0.05, 0) is 50.8 Å². The summed E-state index contributed by atoms with van der Waals surface area (Å²) in [6, 6.07) is 5.01. The van der Waals surface area contributed by atoms with E-state index in [-0.39, 0.29) is 11.8 Å². The molecular formula is C21H26ClN3O4. The molecule has 0 unspecified atom stereocenters. The van der Waals surface area contributed by atoms with Crippen LogP contribution >= 0.6 is 11.6 Å². The standard InChI is InChI=1S/C21H26ClN3O4/c1-3-17-19(14(2)29-24-17)21(27)25-10-5-4-9-23-20(26)16-13-15(22)7-8-18(16)28-12-6-11-25/h7-8,13H,3-6,9-12H2,1-2H3,(H,23,26). The fourth-order valence-corrected chi connectivity index (χ4v) is 3.55. The molecule has 3 rings (SSSR count). The van der Waals surface area contributed by atoms with Gasteiger partial charge in [-0.3, -0.25) is 9.59 Å². The molecule has 29 heavy (non-hydrogen) atoms. The second kappa shape index (κ2) is 9.78. The van der Waals surface area contributed by atoms with Crippen molar-refractivity contribution in [2.75, 3.05) is 26.2 Å². The molecule has 1 aromatic heterocycles. The van der Waals surface area contributed by atoms with Gasteiger partial charge in [0, 0.05) is 24.7 Å². The predicted molar refractivity (Wildman–Crippen MR) is 110 cm³/mol. The van der Waals surface area contributed by atoms with Crippen LogP contribution in [0, 0.1) is 6.92 Å². The molecule has 1 aromatic carbocycles. The van der Waals surface area contributed by atoms with Gasteiger partial charge in [-0.1, -0.05) is 23.7 Å². The molecule has 156 valence electrons. The molecule has 2 amide bonds. The monoisotopic (exact) mass is 419 g/mol. The summed E-state index contributed by atoms with van der Waals surface area (Å²) in [7, 11) is 0. The molecule has 0 atom stereocenters. The summed E-state index contributed by atoms with van der Waals surface area (Å²) in [6.45, 7) is 5.77. The van der Waals surface area contributed by atoms with Crippen LogP contribution in [0.15, 0.2) is 22.7 Å². The Labute approximate surface area is 175 Å². The van der Waals surface area contributed by atoms with Crippen molar-refractivity contribution in [2.24, 2.45) is 0 Å². The van der Waals surface area contributed by atoms with Crippen molar-refractivity contribution >= 4 is 23.4 Å². The van der Waals surface area contributed by atoms with Gasteiger partial charge in [0.15, 0.2) is 0 Å². The summed E-state index contributed by atoms with van der Waals surface area (Å²) in [5, 5.41) is 7.38. The Kier molecular flexibility index (Phi) is 7.14. The number of nitrogens with zero attached hydrogens (tertiary/aromatic N) is 2. The third-order valence-electron chi connectivity index (χ3n) is 4.93. The second-order valence-corrected chi connectivity index (χ2v) is 7.45. The van der Waals surface area contributed by atoms with Crippen LogP contribution in [0.5, 0.6) is 5.75 Å². The highest BCUT2D eigenvalue weighted by molar-refractivity contribution is 6.31. The zero-order chi connectivity index (χ0) is 20.8. The molecule has 0 radical (unpaired) electrons. The summed E-state index contributed by atoms with van der Waals surface area (Å²) >= 11 is 6.04. The van der Waals surface area contributed by atoms with E-state index in [0.29, 0.717) is 72.4 Å². The molecule has 7 nitrogen and oxygen atoms in total. The van der Waals surface area contributed by atoms with E-state index in [2.05, 4.69) is 10.5 Å². The van der Waals surface area contributed by atoms with Crippen molar-refractivity contribution in [1.29, 1.82) is 0 Å². The Hall–Kier alpha value is -2.54. The number of amides is 2. The maximum absolute atomic E-state index is 13.1. The van der Waals surface area contributed by atoms with Gasteiger partial charge in [-0.2, -0.15) is 0 Å². The molecule has 0 bridgehead atoms. The van der Waals surface area contributed by atoms with Crippen LogP contribution in [0.4, 0.5) is 0 Å². The first-order valence-electron chi connectivity index (χ1n) is 9.96. The number of aromatic nitrogens is 1. The van der Waals surface area contributed by atoms with Crippen LogP contribution in [0.1, 0.15) is 58.4 Å². The Morgan fingerprint density at radius 3 is 2.86 bits per heavy atom. The van der Waals surface area contributed by atoms with Crippen LogP contribution in [0.3, 0.4) is 0 Å². The number of nitrogens with one attached hydrogen (secondary N) is 1. The van der Waals surface area contributed by atoms with E-state index >= 15 is 0 Å². The van der Waals surface area contributed by atoms with Gasteiger partial charge in [-0.25, -0.2) is 0 Å². The number of halogens is 1. The molecule has 2 aromatic rings. The first kappa shape index (κ1) is 21.2. The average molecular weight is 420 g/mol. The average Bonchev–Trinajstić information content (AvgIpc) is 3.09. The minimum atomic E-state index is -0.206. The molecule has 1 aliphatic rings. The van der Waals surface area contributed by atoms with Crippen LogP contribution < -0.4 is 10.1 Å². The predicted octanol–water partition coefficient (Wildman–Crippen LogP) is 3.63. The fraction of sp³-hybridized carbons (Fsp3) is 0.476. The molecule has 0 aliphatic carbocycles. The van der Waals surface area contributed by atoms with Crippen molar-refractivity contribution in [1.82, 2.24) is 15.4 Å². The molecule has 1 aliphatic heterocycles. The number of hydrogen-bond acceptors (Lipinski definition) is 5. The van der Waals surface area contributed by atoms with Crippen molar-refractivity contribution in [3.8, 4) is 5.75 Å². The molecule has 0 spiro atoms. The highest BCUT2D eigenvalue weighted by Gasteiger charge is 2.24. The van der Waals surface area contributed by atoms with E-state index in [1.165, 1.54) is 0 Å². The number of carbonyl (C=O) groups is 2. The number of carbonyl (C=O) groups excluding carboxylic acids is 2. The van der Waals surface area contributed by atoms with Crippen LogP contribution in [0.25, 0.3) is 0 Å². The maximum atomic E-state index is 13.1. The van der Waals surface area contributed by atoms with E-state index < -0.39 is 0 Å². The zero-order valence-corrected chi connectivity index (χ0v) is 17.6. The van der Waals surface area contributed by atoms with Crippen LogP contribution in [-0.4, -0.2) is 48.1 Å². The fourth-order valence-electron chi connectivity index (χ4n) is 3.37. The molecular weight excluding hydrogens is 394 g/mol. The minimum Gasteiger partial charge on any atom is -0.493 e. The zero-order valence-electron chi connectivity index (χ0n) is 16.8. The van der Waals surface area contributed by atoms with Crippen molar-refractivity contribution < 1.29 is 18.8 Å². The Balaban J connectivity index is 1.75. The minimum absolute atomic E-state index is 0.0633. The molecule has 8 heteroatoms. The Morgan fingerprint density at radius 2 is 2.07 bits per heavy atom. The Bertz CT molecular complexity index is 881. The van der Waals surface area contributed by atoms with Crippen molar-refractivity contribution in [2.45, 2.75) is 39.5 Å². The van der Waals surface area contributed by atoms with Crippen molar-refractivity contribution in [3.63, 3.8) is 0 Å². The summed E-state index contributed by atoms with van der Waals surface area (Å²) in [6.07, 6.45) is 2.82. The quantitative estimate of drug-likeness (QED) is 0.803. The third-order valence-corrected chi connectivity index (χ3v) is 5.16. The second-order valence-electron chi connectivity index (χ2n) is 7.01. The van der Waals surface area contributed by atoms with E-state index in [1.54, 1.807) is 25.1 Å². The van der Waals surface area contributed by atoms with Gasteiger partial charge < -0.3 is 19.5 Å². The summed E-state index contributed by atoms with van der Waals surface area (Å²) in [5.74, 6) is 0.769. The molecule has 0 saturated heterocycles. The van der Waals surface area contributed by atoms with Gasteiger partial charge in [0.2, 0.25) is 0 Å². The number of benzene rings is 1. The lowest BCUT2D eigenvalue weighted by Gasteiger charge is -2.23. The topological polar surface area (TPSA) is 84.7 Å². The van der Waals surface area contributed by atoms with Crippen LogP contribution in [-0.2, 0) is 6.42 Å². The Morgan fingerprint density at radius 1 is 1.28 bits per heavy atom. The van der Waals surface area contributed by atoms with Gasteiger partial charge in [0.1, 0.15) is 17.1 Å². The number of aryl methyl sites for hydroxylation is 2. The van der Waals surface area contributed by atoms with Gasteiger partial charge >= 0.3 is 0 Å². The molecule has 1 N–H and O–H groups in total. The van der Waals surface area contributed by atoms with Gasteiger partial charge in [0.05, 0.1) is 17.9 Å². The van der Waals surface area contributed by atoms with E-state index in [0.717, 1.165) is 12.8 Å². The molecule has 0 fully saturated rings. The van der Waals surface area contributed by atoms with E-state index in [9.17, 15) is 9.59 Å². The highest BCUT2D eigenvalue weighted by atomic mass is 35.5. The first-order valence-corrected chi connectivity index (χ1v) is 10.3. The molecule has 0 saturated carbocycles. The SMILES string of the molecule is CCc1noc(C)c1C(=O)N1CCCCNC(=O)c2cc(Cl)ccc2OCCC1. The smallest absolute Gasteiger partial charge is 0.259 e. The first-order chi connectivity index (χ1) is 14.0. The normalized spacial score (nSPS) is 16.0. The van der Waals surface area contributed by atoms with E-state index in [4.69, 9.17) is 20.9 Å². The van der Waals surface area contributed by atoms with Crippen molar-refractivity contribution in [3.05, 3.63) is 45.8 Å². The van der Waals surface area contributed by atoms with Gasteiger partial charge in [-0.15, -0.1) is 0 Å². The molecule has 2 heterocycles. The summed E-state index contributed by atoms with van der Waals surface area (Å²) in [5.41, 5.74) is 1.67. The number of fused-ring (bicyclic) bond motifs is 1.